The van der Waals surface area contributed by atoms with Gasteiger partial charge in [0, 0.05) is 16.5 Å². The van der Waals surface area contributed by atoms with Crippen molar-refractivity contribution in [1.29, 1.82) is 0 Å². The molecule has 176 valence electrons. The second kappa shape index (κ2) is 9.38. The Morgan fingerprint density at radius 3 is 2.56 bits per heavy atom. The van der Waals surface area contributed by atoms with Crippen LogP contribution in [-0.4, -0.2) is 50.3 Å². The van der Waals surface area contributed by atoms with Crippen LogP contribution in [0.25, 0.3) is 10.9 Å². The molecule has 0 radical (unpaired) electrons. The Labute approximate surface area is 198 Å². The van der Waals surface area contributed by atoms with Crippen LogP contribution < -0.4 is 10.3 Å². The van der Waals surface area contributed by atoms with Gasteiger partial charge in [0.1, 0.15) is 11.8 Å². The molecule has 0 saturated carbocycles. The van der Waals surface area contributed by atoms with Crippen LogP contribution >= 0.6 is 0 Å². The number of pyridine rings is 1. The summed E-state index contributed by atoms with van der Waals surface area (Å²) < 4.78 is 7.09. The van der Waals surface area contributed by atoms with Gasteiger partial charge in [0.15, 0.2) is 5.82 Å². The second-order valence-corrected chi connectivity index (χ2v) is 9.14. The summed E-state index contributed by atoms with van der Waals surface area (Å²) in [5.41, 5.74) is 4.79. The minimum atomic E-state index is -0.317. The Kier molecular flexibility index (Phi) is 6.15. The number of nitrogens with one attached hydrogen (secondary N) is 1. The van der Waals surface area contributed by atoms with Gasteiger partial charge < -0.3 is 9.72 Å². The van der Waals surface area contributed by atoms with Gasteiger partial charge in [-0.15, -0.1) is 5.10 Å². The highest BCUT2D eigenvalue weighted by molar-refractivity contribution is 5.83. The molecule has 0 spiro atoms. The first-order valence-electron chi connectivity index (χ1n) is 11.8. The molecule has 1 N–H and O–H groups in total. The van der Waals surface area contributed by atoms with E-state index in [2.05, 4.69) is 38.4 Å². The Bertz CT molecular complexity index is 1350. The number of fused-ring (bicyclic) bond motifs is 1. The van der Waals surface area contributed by atoms with E-state index in [1.165, 1.54) is 6.42 Å². The van der Waals surface area contributed by atoms with Crippen LogP contribution in [0.3, 0.4) is 0 Å². The predicted molar refractivity (Wildman–Crippen MR) is 131 cm³/mol. The standard InChI is InChI=1S/C26H30N6O2/c1-17-13-18(2)21-15-22(26(33)27-23(21)14-17)24(31-11-5-4-6-12-31)25-28-29-30-32(25)16-19-7-9-20(34-3)10-8-19/h7-10,13-15,24H,4-6,11-12,16H2,1-3H3,(H,27,33). The van der Waals surface area contributed by atoms with Crippen molar-refractivity contribution in [2.24, 2.45) is 0 Å². The number of piperidine rings is 1. The number of hydrogen-bond donors (Lipinski definition) is 1. The first-order chi connectivity index (χ1) is 16.5. The van der Waals surface area contributed by atoms with Crippen molar-refractivity contribution in [3.05, 3.63) is 80.9 Å². The van der Waals surface area contributed by atoms with E-state index in [-0.39, 0.29) is 11.6 Å². The van der Waals surface area contributed by atoms with E-state index >= 15 is 0 Å². The zero-order valence-corrected chi connectivity index (χ0v) is 19.9. The minimum absolute atomic E-state index is 0.0907. The van der Waals surface area contributed by atoms with E-state index in [4.69, 9.17) is 4.74 Å². The lowest BCUT2D eigenvalue weighted by Gasteiger charge is -2.33. The number of aryl methyl sites for hydroxylation is 2. The first-order valence-corrected chi connectivity index (χ1v) is 11.8. The molecule has 8 nitrogen and oxygen atoms in total. The van der Waals surface area contributed by atoms with Gasteiger partial charge in [0.25, 0.3) is 5.56 Å². The van der Waals surface area contributed by atoms with Gasteiger partial charge in [0.05, 0.1) is 13.7 Å². The summed E-state index contributed by atoms with van der Waals surface area (Å²) in [7, 11) is 1.65. The van der Waals surface area contributed by atoms with E-state index in [1.807, 2.05) is 48.0 Å². The van der Waals surface area contributed by atoms with E-state index in [1.54, 1.807) is 7.11 Å². The molecule has 4 aromatic rings. The fourth-order valence-electron chi connectivity index (χ4n) is 4.99. The summed E-state index contributed by atoms with van der Waals surface area (Å²) in [6.45, 7) is 6.46. The van der Waals surface area contributed by atoms with Crippen molar-refractivity contribution in [3.8, 4) is 5.75 Å². The molecule has 2 aromatic heterocycles. The quantitative estimate of drug-likeness (QED) is 0.473. The average Bonchev–Trinajstić information content (AvgIpc) is 3.28. The number of ether oxygens (including phenoxy) is 1. The molecule has 3 heterocycles. The number of H-pyrrole nitrogens is 1. The topological polar surface area (TPSA) is 88.9 Å². The van der Waals surface area contributed by atoms with Gasteiger partial charge in [-0.25, -0.2) is 4.68 Å². The molecular weight excluding hydrogens is 428 g/mol. The zero-order valence-electron chi connectivity index (χ0n) is 19.9. The lowest BCUT2D eigenvalue weighted by atomic mass is 9.98. The number of methoxy groups -OCH3 is 1. The van der Waals surface area contributed by atoms with Crippen molar-refractivity contribution in [1.82, 2.24) is 30.1 Å². The molecule has 0 aliphatic carbocycles. The van der Waals surface area contributed by atoms with Gasteiger partial charge >= 0.3 is 0 Å². The first kappa shape index (κ1) is 22.3. The number of likely N-dealkylation sites (tertiary alicyclic amines) is 1. The highest BCUT2D eigenvalue weighted by Gasteiger charge is 2.31. The highest BCUT2D eigenvalue weighted by atomic mass is 16.5. The Balaban J connectivity index is 1.60. The van der Waals surface area contributed by atoms with Gasteiger partial charge in [-0.1, -0.05) is 24.6 Å². The van der Waals surface area contributed by atoms with Crippen LogP contribution in [0.5, 0.6) is 5.75 Å². The molecule has 1 saturated heterocycles. The third-order valence-corrected chi connectivity index (χ3v) is 6.69. The van der Waals surface area contributed by atoms with Crippen LogP contribution in [0.1, 0.15) is 53.4 Å². The fourth-order valence-corrected chi connectivity index (χ4v) is 4.99. The number of aromatic amines is 1. The number of nitrogens with zero attached hydrogens (tertiary/aromatic N) is 5. The van der Waals surface area contributed by atoms with Gasteiger partial charge in [-0.05, 0) is 91.2 Å². The van der Waals surface area contributed by atoms with Crippen molar-refractivity contribution < 1.29 is 4.74 Å². The normalized spacial score (nSPS) is 15.5. The molecule has 1 aliphatic heterocycles. The molecular formula is C26H30N6O2. The van der Waals surface area contributed by atoms with Gasteiger partial charge in [-0.3, -0.25) is 9.69 Å². The van der Waals surface area contributed by atoms with E-state index in [0.717, 1.165) is 59.3 Å². The van der Waals surface area contributed by atoms with Crippen molar-refractivity contribution in [2.75, 3.05) is 20.2 Å². The van der Waals surface area contributed by atoms with Crippen molar-refractivity contribution >= 4 is 10.9 Å². The Morgan fingerprint density at radius 1 is 1.06 bits per heavy atom. The molecule has 0 amide bonds. The monoisotopic (exact) mass is 458 g/mol. The van der Waals surface area contributed by atoms with Gasteiger partial charge in [0.2, 0.25) is 0 Å². The Hall–Kier alpha value is -3.52. The lowest BCUT2D eigenvalue weighted by molar-refractivity contribution is 0.177. The second-order valence-electron chi connectivity index (χ2n) is 9.14. The van der Waals surface area contributed by atoms with Crippen LogP contribution in [-0.2, 0) is 6.54 Å². The molecule has 34 heavy (non-hydrogen) atoms. The molecule has 0 bridgehead atoms. The maximum Gasteiger partial charge on any atom is 0.253 e. The molecule has 2 aromatic carbocycles. The number of benzene rings is 2. The SMILES string of the molecule is COc1ccc(Cn2nnnc2C(c2cc3c(C)cc(C)cc3[nH]c2=O)N2CCCCC2)cc1. The minimum Gasteiger partial charge on any atom is -0.497 e. The zero-order chi connectivity index (χ0) is 23.7. The maximum absolute atomic E-state index is 13.4. The number of rotatable bonds is 6. The Morgan fingerprint density at radius 2 is 1.82 bits per heavy atom. The van der Waals surface area contributed by atoms with Crippen molar-refractivity contribution in [2.45, 2.75) is 45.7 Å². The molecule has 1 unspecified atom stereocenters. The smallest absolute Gasteiger partial charge is 0.253 e. The van der Waals surface area contributed by atoms with E-state index in [0.29, 0.717) is 17.9 Å². The molecule has 1 aliphatic rings. The van der Waals surface area contributed by atoms with Crippen LogP contribution in [0.15, 0.2) is 47.3 Å². The number of tetrazole rings is 1. The fraction of sp³-hybridized carbons (Fsp3) is 0.385. The summed E-state index contributed by atoms with van der Waals surface area (Å²) in [4.78, 5) is 18.9. The average molecular weight is 459 g/mol. The molecule has 5 rings (SSSR count). The van der Waals surface area contributed by atoms with Crippen molar-refractivity contribution in [3.63, 3.8) is 0 Å². The highest BCUT2D eigenvalue weighted by Crippen LogP contribution is 2.30. The molecule has 1 fully saturated rings. The summed E-state index contributed by atoms with van der Waals surface area (Å²) in [6, 6.07) is 13.8. The van der Waals surface area contributed by atoms with Gasteiger partial charge in [-0.2, -0.15) is 0 Å². The van der Waals surface area contributed by atoms with Crippen LogP contribution in [0.2, 0.25) is 0 Å². The third-order valence-electron chi connectivity index (χ3n) is 6.69. The number of aromatic nitrogens is 5. The summed E-state index contributed by atoms with van der Waals surface area (Å²) in [5.74, 6) is 1.49. The largest absolute Gasteiger partial charge is 0.497 e. The summed E-state index contributed by atoms with van der Waals surface area (Å²) >= 11 is 0. The summed E-state index contributed by atoms with van der Waals surface area (Å²) in [6.07, 6.45) is 3.40. The number of hydrogen-bond acceptors (Lipinski definition) is 6. The third kappa shape index (κ3) is 4.33. The van der Waals surface area contributed by atoms with Crippen LogP contribution in [0.4, 0.5) is 0 Å². The van der Waals surface area contributed by atoms with Crippen LogP contribution in [0, 0.1) is 13.8 Å². The molecule has 8 heteroatoms. The van der Waals surface area contributed by atoms with E-state index in [9.17, 15) is 4.79 Å². The maximum atomic E-state index is 13.4. The van der Waals surface area contributed by atoms with E-state index < -0.39 is 0 Å². The molecule has 1 atom stereocenters. The summed E-state index contributed by atoms with van der Waals surface area (Å²) in [5, 5.41) is 13.8. The lowest BCUT2D eigenvalue weighted by Crippen LogP contribution is -2.38. The predicted octanol–water partition coefficient (Wildman–Crippen LogP) is 3.76.